The van der Waals surface area contributed by atoms with Crippen LogP contribution in [-0.4, -0.2) is 18.8 Å². The smallest absolute Gasteiger partial charge is 0.426 e. The van der Waals surface area contributed by atoms with Gasteiger partial charge in [-0.1, -0.05) is 12.1 Å². The number of alkyl halides is 5. The van der Waals surface area contributed by atoms with Crippen molar-refractivity contribution >= 4 is 23.4 Å². The van der Waals surface area contributed by atoms with Gasteiger partial charge in [0.05, 0.1) is 12.2 Å². The van der Waals surface area contributed by atoms with Gasteiger partial charge in [0.25, 0.3) is 0 Å². The summed E-state index contributed by atoms with van der Waals surface area (Å²) in [6, 6.07) is 15.0. The van der Waals surface area contributed by atoms with E-state index in [4.69, 9.17) is 25.7 Å². The van der Waals surface area contributed by atoms with Crippen LogP contribution in [0.15, 0.2) is 72.8 Å². The summed E-state index contributed by atoms with van der Waals surface area (Å²) in [7, 11) is 0. The van der Waals surface area contributed by atoms with Crippen molar-refractivity contribution in [2.24, 2.45) is 0 Å². The largest absolute Gasteiger partial charge is 0.494 e. The zero-order valence-electron chi connectivity index (χ0n) is 20.0. The van der Waals surface area contributed by atoms with Gasteiger partial charge < -0.3 is 25.7 Å². The zero-order valence-corrected chi connectivity index (χ0v) is 20.0. The van der Waals surface area contributed by atoms with Gasteiger partial charge in [-0.25, -0.2) is 4.79 Å². The van der Waals surface area contributed by atoms with Crippen LogP contribution in [0.3, 0.4) is 0 Å². The molecule has 6 nitrogen and oxygen atoms in total. The van der Waals surface area contributed by atoms with E-state index >= 15 is 0 Å². The minimum Gasteiger partial charge on any atom is -0.494 e. The van der Waals surface area contributed by atoms with E-state index in [0.29, 0.717) is 22.5 Å². The Morgan fingerprint density at radius 3 is 2.05 bits per heavy atom. The van der Waals surface area contributed by atoms with Crippen LogP contribution in [0.25, 0.3) is 6.08 Å². The molecule has 3 rings (SSSR count). The van der Waals surface area contributed by atoms with Gasteiger partial charge in [0, 0.05) is 23.9 Å². The van der Waals surface area contributed by atoms with Crippen molar-refractivity contribution in [3.05, 3.63) is 89.5 Å². The van der Waals surface area contributed by atoms with Crippen molar-refractivity contribution in [2.75, 3.05) is 18.1 Å². The summed E-state index contributed by atoms with van der Waals surface area (Å²) in [5.74, 6) is -0.572. The number of esters is 1. The van der Waals surface area contributed by atoms with Crippen LogP contribution < -0.4 is 20.9 Å². The van der Waals surface area contributed by atoms with E-state index in [9.17, 15) is 26.7 Å². The van der Waals surface area contributed by atoms with Crippen LogP contribution in [0.2, 0.25) is 0 Å². The summed E-state index contributed by atoms with van der Waals surface area (Å²) in [6.45, 7) is -0.197. The average Bonchev–Trinajstić information content (AvgIpc) is 2.84. The number of anilines is 2. The lowest BCUT2D eigenvalue weighted by Gasteiger charge is -2.18. The molecule has 202 valence electrons. The first-order chi connectivity index (χ1) is 17.9. The molecule has 0 heterocycles. The fourth-order valence-electron chi connectivity index (χ4n) is 3.26. The molecule has 0 bridgehead atoms. The number of ether oxygens (including phenoxy) is 3. The second-order valence-electron chi connectivity index (χ2n) is 8.23. The molecule has 0 unspecified atom stereocenters. The third kappa shape index (κ3) is 9.30. The van der Waals surface area contributed by atoms with Crippen LogP contribution in [0.1, 0.15) is 29.5 Å². The molecular formula is C27H25F5N2O4. The highest BCUT2D eigenvalue weighted by molar-refractivity contribution is 5.87. The number of benzene rings is 3. The van der Waals surface area contributed by atoms with Gasteiger partial charge in [-0.05, 0) is 78.2 Å². The predicted octanol–water partition coefficient (Wildman–Crippen LogP) is 6.46. The number of hydrogen-bond acceptors (Lipinski definition) is 6. The lowest BCUT2D eigenvalue weighted by molar-refractivity contribution is -0.185. The molecule has 0 amide bonds. The molecule has 11 heteroatoms. The zero-order chi connectivity index (χ0) is 27.8. The Morgan fingerprint density at radius 1 is 0.842 bits per heavy atom. The third-order valence-corrected chi connectivity index (χ3v) is 5.02. The molecular weight excluding hydrogens is 511 g/mol. The molecule has 4 N–H and O–H groups in total. The molecule has 0 aliphatic heterocycles. The van der Waals surface area contributed by atoms with Crippen molar-refractivity contribution in [3.8, 4) is 11.5 Å². The van der Waals surface area contributed by atoms with Gasteiger partial charge in [-0.2, -0.15) is 22.0 Å². The summed E-state index contributed by atoms with van der Waals surface area (Å²) >= 11 is 0. The van der Waals surface area contributed by atoms with Crippen LogP contribution in [0.4, 0.5) is 33.3 Å². The molecule has 3 aromatic carbocycles. The van der Waals surface area contributed by atoms with E-state index in [1.54, 1.807) is 18.2 Å². The molecule has 0 spiro atoms. The molecule has 3 aromatic rings. The van der Waals surface area contributed by atoms with E-state index in [1.165, 1.54) is 42.5 Å². The van der Waals surface area contributed by atoms with Crippen LogP contribution in [-0.2, 0) is 22.2 Å². The number of nitrogens with two attached hydrogens (primary N) is 2. The second-order valence-corrected chi connectivity index (χ2v) is 8.23. The Labute approximate surface area is 215 Å². The Hall–Kier alpha value is -4.28. The topological polar surface area (TPSA) is 96.8 Å². The Bertz CT molecular complexity index is 1220. The molecule has 0 aromatic heterocycles. The quantitative estimate of drug-likeness (QED) is 0.0961. The number of hydrogen-bond donors (Lipinski definition) is 2. The van der Waals surface area contributed by atoms with Crippen LogP contribution >= 0.6 is 0 Å². The predicted molar refractivity (Wildman–Crippen MR) is 132 cm³/mol. The molecule has 0 saturated carbocycles. The lowest BCUT2D eigenvalue weighted by atomic mass is 10.1. The lowest BCUT2D eigenvalue weighted by Crippen LogP contribution is -2.21. The van der Waals surface area contributed by atoms with Gasteiger partial charge in [0.2, 0.25) is 0 Å². The number of rotatable bonds is 11. The van der Waals surface area contributed by atoms with Crippen molar-refractivity contribution in [2.45, 2.75) is 31.7 Å². The average molecular weight is 536 g/mol. The van der Waals surface area contributed by atoms with Crippen molar-refractivity contribution < 1.29 is 41.0 Å². The van der Waals surface area contributed by atoms with Gasteiger partial charge >= 0.3 is 18.3 Å². The van der Waals surface area contributed by atoms with Crippen LogP contribution in [0, 0.1) is 0 Å². The number of carbonyl (C=O) groups excluding carboxylic acids is 1. The van der Waals surface area contributed by atoms with Gasteiger partial charge in [0.15, 0.2) is 0 Å². The van der Waals surface area contributed by atoms with Crippen molar-refractivity contribution in [1.29, 1.82) is 0 Å². The number of carbonyl (C=O) groups is 1. The van der Waals surface area contributed by atoms with Crippen LogP contribution in [0.5, 0.6) is 11.5 Å². The fourth-order valence-corrected chi connectivity index (χ4v) is 3.26. The number of nitrogen functional groups attached to an aromatic ring is 2. The maximum Gasteiger partial charge on any atom is 0.426 e. The first kappa shape index (κ1) is 28.3. The summed E-state index contributed by atoms with van der Waals surface area (Å²) in [5.41, 5.74) is 12.9. The third-order valence-electron chi connectivity index (χ3n) is 5.02. The van der Waals surface area contributed by atoms with Gasteiger partial charge in [0.1, 0.15) is 18.1 Å². The van der Waals surface area contributed by atoms with Crippen molar-refractivity contribution in [3.63, 3.8) is 0 Å². The van der Waals surface area contributed by atoms with Gasteiger partial charge in [-0.3, -0.25) is 0 Å². The second kappa shape index (κ2) is 12.3. The molecule has 0 radical (unpaired) electrons. The Balaban J connectivity index is 1.50. The highest BCUT2D eigenvalue weighted by Gasteiger charge is 2.34. The molecule has 38 heavy (non-hydrogen) atoms. The van der Waals surface area contributed by atoms with Gasteiger partial charge in [-0.15, -0.1) is 0 Å². The van der Waals surface area contributed by atoms with E-state index < -0.39 is 30.2 Å². The molecule has 0 fully saturated rings. The number of halogens is 5. The maximum atomic E-state index is 14.6. The summed E-state index contributed by atoms with van der Waals surface area (Å²) < 4.78 is 80.8. The first-order valence-corrected chi connectivity index (χ1v) is 11.4. The summed E-state index contributed by atoms with van der Waals surface area (Å²) in [4.78, 5) is 12.0. The minimum absolute atomic E-state index is 0.0356. The van der Waals surface area contributed by atoms with E-state index in [0.717, 1.165) is 18.2 Å². The molecule has 0 saturated heterocycles. The molecule has 0 aliphatic rings. The van der Waals surface area contributed by atoms with E-state index in [1.807, 2.05) is 0 Å². The summed E-state index contributed by atoms with van der Waals surface area (Å²) in [5, 5.41) is 0. The van der Waals surface area contributed by atoms with Crippen molar-refractivity contribution in [1.82, 2.24) is 0 Å². The first-order valence-electron chi connectivity index (χ1n) is 11.4. The monoisotopic (exact) mass is 536 g/mol. The SMILES string of the molecule is Nc1cc(N)cc(COC(=O)C=Cc2ccc(C(F)(F)Oc3ccc(OCCCC(F)(F)F)cc3)cc2)c1. The highest BCUT2D eigenvalue weighted by Crippen LogP contribution is 2.32. The standard InChI is InChI=1S/C27H25F5N2O4/c28-26(29,30)12-1-13-36-23-7-9-24(10-8-23)38-27(31,32)20-5-2-18(3-6-20)4-11-25(35)37-17-19-14-21(33)16-22(34)15-19/h2-11,14-16H,1,12-13,17,33-34H2. The maximum absolute atomic E-state index is 14.6. The van der Waals surface area contributed by atoms with E-state index in [-0.39, 0.29) is 31.1 Å². The fraction of sp³-hybridized carbons (Fsp3) is 0.222. The molecule has 0 atom stereocenters. The summed E-state index contributed by atoms with van der Waals surface area (Å²) in [6.07, 6.45) is -6.56. The Morgan fingerprint density at radius 2 is 1.45 bits per heavy atom. The highest BCUT2D eigenvalue weighted by atomic mass is 19.4. The minimum atomic E-state index is -4.26. The van der Waals surface area contributed by atoms with E-state index in [2.05, 4.69) is 0 Å². The normalized spacial score (nSPS) is 11.9. The molecule has 0 aliphatic carbocycles. The Kier molecular flexibility index (Phi) is 9.16.